The molecule has 4 aromatic rings. The third-order valence-electron chi connectivity index (χ3n) is 5.35. The van der Waals surface area contributed by atoms with Gasteiger partial charge in [0, 0.05) is 33.2 Å². The first-order valence-electron chi connectivity index (χ1n) is 10.7. The summed E-state index contributed by atoms with van der Waals surface area (Å²) in [6, 6.07) is 19.8. The Labute approximate surface area is 201 Å². The molecule has 0 radical (unpaired) electrons. The smallest absolute Gasteiger partial charge is 0.267 e. The number of aromatic nitrogens is 1. The van der Waals surface area contributed by atoms with Gasteiger partial charge in [-0.15, -0.1) is 0 Å². The second-order valence-electron chi connectivity index (χ2n) is 7.76. The van der Waals surface area contributed by atoms with Gasteiger partial charge in [-0.2, -0.15) is 0 Å². The maximum atomic E-state index is 12.7. The van der Waals surface area contributed by atoms with Gasteiger partial charge in [0.25, 0.3) is 11.8 Å². The summed E-state index contributed by atoms with van der Waals surface area (Å²) in [5.41, 5.74) is 18.1. The lowest BCUT2D eigenvalue weighted by atomic mass is 10.0. The fraction of sp³-hybridized carbons (Fsp3) is 0.0741. The largest absolute Gasteiger partial charge is 0.270 e. The third kappa shape index (κ3) is 5.28. The standard InChI is InChI=1S/C27H20N6O2/c1-17-10-12-22(15-20(17)13-11-19-14-21-7-3-4-8-23(21)29-16-19)26(34)31-32-27(35)25-18(2)6-5-9-24(25)30-33-28/h3-10,12,14-16H,1-2H3,(H,31,34)(H,32,35). The number of carbonyl (C=O) groups excluding carboxylic acids is 2. The van der Waals surface area contributed by atoms with Gasteiger partial charge in [-0.3, -0.25) is 25.4 Å². The molecule has 8 nitrogen and oxygen atoms in total. The van der Waals surface area contributed by atoms with Gasteiger partial charge in [-0.05, 0) is 54.8 Å². The SMILES string of the molecule is Cc1ccc(C(=O)NNC(=O)c2c(C)cccc2N=[N+]=[N-])cc1C#Cc1cnc2ccccc2c1. The molecule has 0 saturated carbocycles. The Morgan fingerprint density at radius 2 is 1.71 bits per heavy atom. The highest BCUT2D eigenvalue weighted by Gasteiger charge is 2.15. The number of hydrazine groups is 1. The van der Waals surface area contributed by atoms with E-state index in [0.29, 0.717) is 16.7 Å². The highest BCUT2D eigenvalue weighted by atomic mass is 16.2. The number of amides is 2. The average molecular weight is 460 g/mol. The van der Waals surface area contributed by atoms with Crippen LogP contribution < -0.4 is 10.9 Å². The Balaban J connectivity index is 1.51. The molecule has 0 atom stereocenters. The highest BCUT2D eigenvalue weighted by molar-refractivity contribution is 6.02. The van der Waals surface area contributed by atoms with Gasteiger partial charge in [0.1, 0.15) is 0 Å². The summed E-state index contributed by atoms with van der Waals surface area (Å²) in [4.78, 5) is 32.5. The van der Waals surface area contributed by atoms with Gasteiger partial charge in [0.15, 0.2) is 0 Å². The lowest BCUT2D eigenvalue weighted by Crippen LogP contribution is -2.41. The molecule has 2 N–H and O–H groups in total. The highest BCUT2D eigenvalue weighted by Crippen LogP contribution is 2.22. The van der Waals surface area contributed by atoms with Crippen molar-refractivity contribution in [1.29, 1.82) is 0 Å². The summed E-state index contributed by atoms with van der Waals surface area (Å²) < 4.78 is 0. The molecule has 1 heterocycles. The van der Waals surface area contributed by atoms with Gasteiger partial charge in [-0.1, -0.05) is 59.4 Å². The summed E-state index contributed by atoms with van der Waals surface area (Å²) in [5, 5.41) is 4.54. The number of azide groups is 1. The van der Waals surface area contributed by atoms with Crippen LogP contribution in [0.15, 0.2) is 78.0 Å². The molecule has 0 saturated heterocycles. The molecule has 170 valence electrons. The van der Waals surface area contributed by atoms with Crippen LogP contribution in [0.2, 0.25) is 0 Å². The third-order valence-corrected chi connectivity index (χ3v) is 5.35. The fourth-order valence-electron chi connectivity index (χ4n) is 3.50. The molecule has 0 aliphatic carbocycles. The molecule has 0 unspecified atom stereocenters. The van der Waals surface area contributed by atoms with E-state index in [-0.39, 0.29) is 11.3 Å². The average Bonchev–Trinajstić information content (AvgIpc) is 2.87. The fourth-order valence-corrected chi connectivity index (χ4v) is 3.50. The van der Waals surface area contributed by atoms with Crippen molar-refractivity contribution in [2.75, 3.05) is 0 Å². The van der Waals surface area contributed by atoms with E-state index < -0.39 is 11.8 Å². The van der Waals surface area contributed by atoms with Gasteiger partial charge >= 0.3 is 0 Å². The Kier molecular flexibility index (Phi) is 6.73. The van der Waals surface area contributed by atoms with E-state index >= 15 is 0 Å². The van der Waals surface area contributed by atoms with E-state index in [2.05, 4.69) is 37.7 Å². The van der Waals surface area contributed by atoms with Crippen LogP contribution in [0.5, 0.6) is 0 Å². The number of fused-ring (bicyclic) bond motifs is 1. The minimum absolute atomic E-state index is 0.176. The normalized spacial score (nSPS) is 10.0. The Bertz CT molecular complexity index is 1580. The molecule has 35 heavy (non-hydrogen) atoms. The summed E-state index contributed by atoms with van der Waals surface area (Å²) in [6.07, 6.45) is 1.72. The van der Waals surface area contributed by atoms with Crippen molar-refractivity contribution in [2.24, 2.45) is 5.11 Å². The minimum Gasteiger partial charge on any atom is -0.267 e. The van der Waals surface area contributed by atoms with Crippen LogP contribution in [0.3, 0.4) is 0 Å². The van der Waals surface area contributed by atoms with Crippen LogP contribution in [0.1, 0.15) is 43.0 Å². The number of pyridine rings is 1. The molecule has 2 amide bonds. The summed E-state index contributed by atoms with van der Waals surface area (Å²) in [6.45, 7) is 3.62. The minimum atomic E-state index is -0.588. The van der Waals surface area contributed by atoms with E-state index in [9.17, 15) is 9.59 Å². The molecule has 1 aromatic heterocycles. The first kappa shape index (κ1) is 23.1. The van der Waals surface area contributed by atoms with Gasteiger partial charge in [-0.25, -0.2) is 0 Å². The van der Waals surface area contributed by atoms with Crippen molar-refractivity contribution in [3.8, 4) is 11.8 Å². The number of nitrogens with one attached hydrogen (secondary N) is 2. The summed E-state index contributed by atoms with van der Waals surface area (Å²) >= 11 is 0. The predicted molar refractivity (Wildman–Crippen MR) is 134 cm³/mol. The van der Waals surface area contributed by atoms with Gasteiger partial charge < -0.3 is 0 Å². The number of carbonyl (C=O) groups is 2. The topological polar surface area (TPSA) is 120 Å². The van der Waals surface area contributed by atoms with Crippen molar-refractivity contribution in [3.63, 3.8) is 0 Å². The van der Waals surface area contributed by atoms with Crippen LogP contribution >= 0.6 is 0 Å². The van der Waals surface area contributed by atoms with E-state index in [4.69, 9.17) is 5.53 Å². The number of aryl methyl sites for hydroxylation is 2. The Morgan fingerprint density at radius 1 is 0.914 bits per heavy atom. The van der Waals surface area contributed by atoms with Crippen molar-refractivity contribution in [1.82, 2.24) is 15.8 Å². The van der Waals surface area contributed by atoms with E-state index in [1.807, 2.05) is 37.3 Å². The number of hydrogen-bond donors (Lipinski definition) is 2. The molecule has 8 heteroatoms. The summed E-state index contributed by atoms with van der Waals surface area (Å²) in [5.74, 6) is 5.11. The van der Waals surface area contributed by atoms with Crippen LogP contribution in [-0.2, 0) is 0 Å². The van der Waals surface area contributed by atoms with E-state index in [0.717, 1.165) is 22.0 Å². The molecule has 0 spiro atoms. The summed E-state index contributed by atoms with van der Waals surface area (Å²) in [7, 11) is 0. The molecule has 0 bridgehead atoms. The zero-order valence-electron chi connectivity index (χ0n) is 19.0. The lowest BCUT2D eigenvalue weighted by Gasteiger charge is -2.11. The number of nitrogens with zero attached hydrogens (tertiary/aromatic N) is 4. The molecular weight excluding hydrogens is 440 g/mol. The molecular formula is C27H20N6O2. The number of rotatable bonds is 3. The molecule has 4 rings (SSSR count). The maximum absolute atomic E-state index is 12.7. The number of hydrogen-bond acceptors (Lipinski definition) is 4. The molecule has 0 aliphatic heterocycles. The van der Waals surface area contributed by atoms with E-state index in [1.54, 1.807) is 43.5 Å². The number of para-hydroxylation sites is 1. The maximum Gasteiger partial charge on any atom is 0.270 e. The first-order chi connectivity index (χ1) is 17.0. The monoisotopic (exact) mass is 460 g/mol. The molecule has 3 aromatic carbocycles. The van der Waals surface area contributed by atoms with Gasteiger partial charge in [0.2, 0.25) is 0 Å². The number of benzene rings is 3. The Morgan fingerprint density at radius 3 is 2.54 bits per heavy atom. The Hall–Kier alpha value is -5.12. The quantitative estimate of drug-likeness (QED) is 0.142. The lowest BCUT2D eigenvalue weighted by molar-refractivity contribution is 0.0846. The zero-order valence-corrected chi connectivity index (χ0v) is 19.0. The van der Waals surface area contributed by atoms with Gasteiger partial charge in [0.05, 0.1) is 16.8 Å². The predicted octanol–water partition coefficient (Wildman–Crippen LogP) is 5.27. The van der Waals surface area contributed by atoms with Crippen LogP contribution in [-0.4, -0.2) is 16.8 Å². The van der Waals surface area contributed by atoms with Crippen LogP contribution in [0.4, 0.5) is 5.69 Å². The second-order valence-corrected chi connectivity index (χ2v) is 7.76. The van der Waals surface area contributed by atoms with Crippen molar-refractivity contribution >= 4 is 28.4 Å². The molecule has 0 aliphatic rings. The van der Waals surface area contributed by atoms with Crippen LogP contribution in [0, 0.1) is 25.7 Å². The van der Waals surface area contributed by atoms with Crippen LogP contribution in [0.25, 0.3) is 21.3 Å². The van der Waals surface area contributed by atoms with Crippen molar-refractivity contribution in [2.45, 2.75) is 13.8 Å². The molecule has 0 fully saturated rings. The van der Waals surface area contributed by atoms with E-state index in [1.165, 1.54) is 6.07 Å². The van der Waals surface area contributed by atoms with Crippen molar-refractivity contribution in [3.05, 3.63) is 117 Å². The first-order valence-corrected chi connectivity index (χ1v) is 10.7. The van der Waals surface area contributed by atoms with Crippen molar-refractivity contribution < 1.29 is 9.59 Å². The second kappa shape index (κ2) is 10.2. The zero-order chi connectivity index (χ0) is 24.8.